The Bertz CT molecular complexity index is 992. The monoisotopic (exact) mass is 626 g/mol. The Morgan fingerprint density at radius 2 is 0.714 bits per heavy atom. The van der Waals surface area contributed by atoms with Gasteiger partial charge in [-0.1, -0.05) is 0 Å². The summed E-state index contributed by atoms with van der Waals surface area (Å²) in [6.07, 6.45) is 0. The van der Waals surface area contributed by atoms with Crippen LogP contribution in [-0.4, -0.2) is 0 Å². The summed E-state index contributed by atoms with van der Waals surface area (Å²) in [5, 5.41) is 5.34. The molecule has 2 aromatic carbocycles. The predicted octanol–water partition coefficient (Wildman–Crippen LogP) is 6.70. The molecule has 0 aromatic heterocycles. The molecule has 0 heterocycles. The molecule has 0 radical (unpaired) electrons. The molecule has 0 saturated carbocycles. The fourth-order valence-electron chi connectivity index (χ4n) is 1.83. The van der Waals surface area contributed by atoms with Gasteiger partial charge in [-0.3, -0.25) is 0 Å². The normalized spacial score (nSPS) is 10.5. The highest BCUT2D eigenvalue weighted by molar-refractivity contribution is 14.1. The van der Waals surface area contributed by atoms with Crippen LogP contribution in [0, 0.1) is 66.2 Å². The molecule has 2 rings (SSSR count). The zero-order valence-electron chi connectivity index (χ0n) is 12.7. The molecular formula is C16F8I2N2. The summed E-state index contributed by atoms with van der Waals surface area (Å²) < 4.78 is 115. The molecule has 0 unspecified atom stereocenters. The standard InChI is InChI=1S/C16F8I2N2/c17-7-5(1-3-25)8(18)12(22)15(11(7)21)27-28-16-13(23)9(19)6(2-4-26)10(20)14(16)24. The maximum Gasteiger partial charge on any atom is 0.190 e. The van der Waals surface area contributed by atoms with Crippen molar-refractivity contribution in [3.05, 3.63) is 57.7 Å². The molecule has 12 heteroatoms. The van der Waals surface area contributed by atoms with Gasteiger partial charge in [-0.25, -0.2) is 35.1 Å². The van der Waals surface area contributed by atoms with Crippen LogP contribution in [0.25, 0.3) is 0 Å². The molecule has 0 saturated heterocycles. The van der Waals surface area contributed by atoms with Crippen LogP contribution in [0.3, 0.4) is 0 Å². The number of azo groups is 1. The highest BCUT2D eigenvalue weighted by Crippen LogP contribution is 2.34. The fourth-order valence-corrected chi connectivity index (χ4v) is 2.37. The molecule has 144 valence electrons. The lowest BCUT2D eigenvalue weighted by Crippen LogP contribution is -2.01. The molecular weight excluding hydrogens is 626 g/mol. The van der Waals surface area contributed by atoms with Crippen molar-refractivity contribution in [2.75, 3.05) is 0 Å². The molecule has 0 aliphatic carbocycles. The average Bonchev–Trinajstić information content (AvgIpc) is 2.67. The number of hydrogen-bond acceptors (Lipinski definition) is 2. The summed E-state index contributed by atoms with van der Waals surface area (Å²) in [6, 6.07) is 0. The van der Waals surface area contributed by atoms with E-state index in [2.05, 4.69) is 10.2 Å². The molecule has 2 nitrogen and oxygen atoms in total. The average molecular weight is 626 g/mol. The molecule has 0 spiro atoms. The largest absolute Gasteiger partial charge is 0.202 e. The van der Waals surface area contributed by atoms with Crippen LogP contribution in [0.1, 0.15) is 11.1 Å². The first-order chi connectivity index (χ1) is 13.2. The Labute approximate surface area is 178 Å². The van der Waals surface area contributed by atoms with Gasteiger partial charge in [-0.15, -0.1) is 10.2 Å². The Kier molecular flexibility index (Phi) is 7.22. The number of rotatable bonds is 2. The van der Waals surface area contributed by atoms with Crippen molar-refractivity contribution in [3.8, 4) is 19.7 Å². The van der Waals surface area contributed by atoms with Crippen molar-refractivity contribution in [2.45, 2.75) is 0 Å². The van der Waals surface area contributed by atoms with E-state index in [0.717, 1.165) is 0 Å². The van der Waals surface area contributed by atoms with Gasteiger partial charge in [0, 0.05) is 45.2 Å². The van der Waals surface area contributed by atoms with Crippen LogP contribution in [0.5, 0.6) is 0 Å². The van der Waals surface area contributed by atoms with Gasteiger partial charge in [-0.05, 0) is 19.7 Å². The lowest BCUT2D eigenvalue weighted by molar-refractivity contribution is 0.449. The molecule has 0 aliphatic heterocycles. The van der Waals surface area contributed by atoms with Crippen LogP contribution >= 0.6 is 45.2 Å². The lowest BCUT2D eigenvalue weighted by Gasteiger charge is -2.06. The minimum atomic E-state index is -2.08. The van der Waals surface area contributed by atoms with Gasteiger partial charge < -0.3 is 0 Å². The molecule has 0 fully saturated rings. The Hall–Kier alpha value is -1.94. The van der Waals surface area contributed by atoms with Crippen molar-refractivity contribution in [3.63, 3.8) is 0 Å². The molecule has 0 amide bonds. The first-order valence-corrected chi connectivity index (χ1v) is 8.69. The third-order valence-electron chi connectivity index (χ3n) is 3.07. The SMILES string of the molecule is Fc1c(F)c(N=Nc2c(F)c(F)c(C#CI)c(F)c2F)c(F)c(F)c1C#CI. The Morgan fingerprint density at radius 3 is 0.929 bits per heavy atom. The van der Waals surface area contributed by atoms with Gasteiger partial charge in [0.25, 0.3) is 0 Å². The van der Waals surface area contributed by atoms with Crippen molar-refractivity contribution < 1.29 is 35.1 Å². The van der Waals surface area contributed by atoms with Crippen LogP contribution < -0.4 is 0 Å². The molecule has 28 heavy (non-hydrogen) atoms. The number of halogens is 10. The maximum atomic E-state index is 13.9. The topological polar surface area (TPSA) is 24.7 Å². The number of nitrogens with zero attached hydrogens (tertiary/aromatic N) is 2. The molecule has 0 N–H and O–H groups in total. The van der Waals surface area contributed by atoms with Crippen LogP contribution in [-0.2, 0) is 0 Å². The predicted molar refractivity (Wildman–Crippen MR) is 98.5 cm³/mol. The molecule has 0 bridgehead atoms. The van der Waals surface area contributed by atoms with Crippen molar-refractivity contribution in [1.82, 2.24) is 0 Å². The Morgan fingerprint density at radius 1 is 0.464 bits per heavy atom. The lowest BCUT2D eigenvalue weighted by atomic mass is 10.1. The third-order valence-corrected chi connectivity index (χ3v) is 3.61. The van der Waals surface area contributed by atoms with Gasteiger partial charge in [0.05, 0.1) is 0 Å². The van der Waals surface area contributed by atoms with Gasteiger partial charge in [-0.2, -0.15) is 0 Å². The highest BCUT2D eigenvalue weighted by Gasteiger charge is 2.27. The van der Waals surface area contributed by atoms with E-state index in [1.807, 2.05) is 7.85 Å². The van der Waals surface area contributed by atoms with Crippen molar-refractivity contribution in [2.24, 2.45) is 10.2 Å². The first kappa shape index (κ1) is 22.4. The van der Waals surface area contributed by atoms with E-state index < -0.39 is 69.0 Å². The van der Waals surface area contributed by atoms with Crippen molar-refractivity contribution >= 4 is 56.6 Å². The summed E-state index contributed by atoms with van der Waals surface area (Å²) in [5.41, 5.74) is -5.94. The zero-order valence-corrected chi connectivity index (χ0v) is 17.0. The first-order valence-electron chi connectivity index (χ1n) is 6.54. The Balaban J connectivity index is 2.71. The summed E-state index contributed by atoms with van der Waals surface area (Å²) in [5.74, 6) is -12.5. The van der Waals surface area contributed by atoms with Crippen molar-refractivity contribution in [1.29, 1.82) is 0 Å². The molecule has 0 aliphatic rings. The minimum absolute atomic E-state index is 1.25. The molecule has 0 atom stereocenters. The van der Waals surface area contributed by atoms with E-state index in [9.17, 15) is 35.1 Å². The molecule has 2 aromatic rings. The van der Waals surface area contributed by atoms with E-state index in [1.54, 1.807) is 11.8 Å². The quantitative estimate of drug-likeness (QED) is 0.117. The summed E-state index contributed by atoms with van der Waals surface area (Å²) >= 11 is 2.71. The summed E-state index contributed by atoms with van der Waals surface area (Å²) in [4.78, 5) is 0. The van der Waals surface area contributed by atoms with E-state index in [0.29, 0.717) is 0 Å². The minimum Gasteiger partial charge on any atom is -0.202 e. The highest BCUT2D eigenvalue weighted by atomic mass is 127. The smallest absolute Gasteiger partial charge is 0.190 e. The van der Waals surface area contributed by atoms with Gasteiger partial charge >= 0.3 is 0 Å². The van der Waals surface area contributed by atoms with Crippen LogP contribution in [0.2, 0.25) is 0 Å². The second kappa shape index (κ2) is 9.04. The third kappa shape index (κ3) is 3.93. The van der Waals surface area contributed by atoms with Crippen LogP contribution in [0.15, 0.2) is 10.2 Å². The van der Waals surface area contributed by atoms with Gasteiger partial charge in [0.1, 0.15) is 11.1 Å². The van der Waals surface area contributed by atoms with E-state index in [4.69, 9.17) is 0 Å². The van der Waals surface area contributed by atoms with E-state index in [-0.39, 0.29) is 0 Å². The van der Waals surface area contributed by atoms with Crippen LogP contribution in [0.4, 0.5) is 46.5 Å². The maximum absolute atomic E-state index is 13.9. The second-order valence-corrected chi connectivity index (χ2v) is 5.68. The number of benzene rings is 2. The summed E-state index contributed by atoms with van der Waals surface area (Å²) in [7, 11) is 0. The van der Waals surface area contributed by atoms with E-state index in [1.165, 1.54) is 45.2 Å². The summed E-state index contributed by atoms with van der Waals surface area (Å²) in [6.45, 7) is 0. The second-order valence-electron chi connectivity index (χ2n) is 4.60. The van der Waals surface area contributed by atoms with Gasteiger partial charge in [0.2, 0.25) is 0 Å². The van der Waals surface area contributed by atoms with Gasteiger partial charge in [0.15, 0.2) is 57.9 Å². The zero-order chi connectivity index (χ0) is 21.2. The van der Waals surface area contributed by atoms with E-state index >= 15 is 0 Å². The fraction of sp³-hybridized carbons (Fsp3) is 0. The number of hydrogen-bond donors (Lipinski definition) is 0.